The van der Waals surface area contributed by atoms with Gasteiger partial charge in [0.2, 0.25) is 0 Å². The molecule has 0 aromatic heterocycles. The van der Waals surface area contributed by atoms with E-state index in [4.69, 9.17) is 9.47 Å². The van der Waals surface area contributed by atoms with Crippen molar-refractivity contribution in [2.24, 2.45) is 0 Å². The maximum absolute atomic E-state index is 11.8. The summed E-state index contributed by atoms with van der Waals surface area (Å²) in [5.74, 6) is 0.346. The number of ether oxygens (including phenoxy) is 2. The summed E-state index contributed by atoms with van der Waals surface area (Å²) < 4.78 is 11.5. The number of hydrogen-bond donors (Lipinski definition) is 0. The molecule has 24 heavy (non-hydrogen) atoms. The second kappa shape index (κ2) is 7.82. The third kappa shape index (κ3) is 4.48. The molecule has 3 heteroatoms. The van der Waals surface area contributed by atoms with Crippen LogP contribution in [0.5, 0.6) is 5.75 Å². The Kier molecular flexibility index (Phi) is 5.80. The van der Waals surface area contributed by atoms with E-state index < -0.39 is 5.97 Å². The molecule has 0 fully saturated rings. The molecule has 2 aromatic carbocycles. The second-order valence-corrected chi connectivity index (χ2v) is 6.39. The van der Waals surface area contributed by atoms with Crippen molar-refractivity contribution in [3.8, 4) is 5.75 Å². The Bertz CT molecular complexity index is 675. The number of carbonyl (C=O) groups is 1. The summed E-state index contributed by atoms with van der Waals surface area (Å²) in [6.07, 6.45) is -0.328. The molecular formula is C21H24O3. The van der Waals surface area contributed by atoms with Crippen LogP contribution in [0.3, 0.4) is 0 Å². The van der Waals surface area contributed by atoms with E-state index in [0.717, 1.165) is 11.3 Å². The van der Waals surface area contributed by atoms with Crippen LogP contribution in [0.25, 0.3) is 0 Å². The van der Waals surface area contributed by atoms with Gasteiger partial charge in [-0.3, -0.25) is 0 Å². The average molecular weight is 324 g/mol. The van der Waals surface area contributed by atoms with Gasteiger partial charge in [-0.1, -0.05) is 69.0 Å². The molecule has 0 aliphatic heterocycles. The van der Waals surface area contributed by atoms with Crippen LogP contribution in [0.4, 0.5) is 0 Å². The maximum Gasteiger partial charge on any atom is 0.333 e. The van der Waals surface area contributed by atoms with Gasteiger partial charge >= 0.3 is 5.97 Å². The monoisotopic (exact) mass is 324 g/mol. The van der Waals surface area contributed by atoms with Crippen LogP contribution in [0, 0.1) is 0 Å². The quantitative estimate of drug-likeness (QED) is 0.554. The van der Waals surface area contributed by atoms with E-state index in [9.17, 15) is 4.79 Å². The van der Waals surface area contributed by atoms with E-state index in [0.29, 0.717) is 5.57 Å². The minimum Gasteiger partial charge on any atom is -0.486 e. The Morgan fingerprint density at radius 3 is 2.12 bits per heavy atom. The molecule has 0 amide bonds. The molecular weight excluding hydrogens is 300 g/mol. The number of rotatable bonds is 7. The molecule has 2 rings (SSSR count). The van der Waals surface area contributed by atoms with Crippen molar-refractivity contribution in [2.45, 2.75) is 32.3 Å². The Hall–Kier alpha value is -2.55. The molecule has 0 bridgehead atoms. The Labute approximate surface area is 143 Å². The fourth-order valence-corrected chi connectivity index (χ4v) is 2.38. The molecule has 3 nitrogen and oxygen atoms in total. The number of carbonyl (C=O) groups excluding carboxylic acids is 1. The van der Waals surface area contributed by atoms with E-state index in [-0.39, 0.29) is 18.1 Å². The summed E-state index contributed by atoms with van der Waals surface area (Å²) in [6, 6.07) is 19.7. The summed E-state index contributed by atoms with van der Waals surface area (Å²) in [6.45, 7) is 9.59. The van der Waals surface area contributed by atoms with Gasteiger partial charge in [0.05, 0.1) is 0 Å². The zero-order valence-corrected chi connectivity index (χ0v) is 14.5. The summed E-state index contributed by atoms with van der Waals surface area (Å²) in [4.78, 5) is 11.8. The maximum atomic E-state index is 11.8. The normalized spacial score (nSPS) is 12.3. The van der Waals surface area contributed by atoms with Crippen molar-refractivity contribution in [3.63, 3.8) is 0 Å². The van der Waals surface area contributed by atoms with Crippen LogP contribution in [0.2, 0.25) is 0 Å². The molecule has 1 atom stereocenters. The second-order valence-electron chi connectivity index (χ2n) is 6.39. The van der Waals surface area contributed by atoms with Crippen LogP contribution in [-0.2, 0) is 14.9 Å². The summed E-state index contributed by atoms with van der Waals surface area (Å²) in [5.41, 5.74) is 1.16. The Balaban J connectivity index is 2.24. The minimum absolute atomic E-state index is 0.155. The number of esters is 1. The van der Waals surface area contributed by atoms with Crippen molar-refractivity contribution < 1.29 is 14.3 Å². The van der Waals surface area contributed by atoms with Gasteiger partial charge < -0.3 is 9.47 Å². The van der Waals surface area contributed by atoms with Crippen molar-refractivity contribution in [1.82, 2.24) is 0 Å². The first-order valence-corrected chi connectivity index (χ1v) is 8.01. The fourth-order valence-electron chi connectivity index (χ4n) is 2.38. The van der Waals surface area contributed by atoms with Gasteiger partial charge in [0, 0.05) is 11.0 Å². The van der Waals surface area contributed by atoms with Crippen LogP contribution in [0.15, 0.2) is 72.8 Å². The van der Waals surface area contributed by atoms with Crippen LogP contribution < -0.4 is 4.74 Å². The van der Waals surface area contributed by atoms with Crippen molar-refractivity contribution in [3.05, 3.63) is 78.4 Å². The highest BCUT2D eigenvalue weighted by molar-refractivity contribution is 5.86. The highest BCUT2D eigenvalue weighted by Gasteiger charge is 2.34. The van der Waals surface area contributed by atoms with Gasteiger partial charge in [0.15, 0.2) is 0 Å². The summed E-state index contributed by atoms with van der Waals surface area (Å²) in [7, 11) is 0. The average Bonchev–Trinajstić information content (AvgIpc) is 2.59. The van der Waals surface area contributed by atoms with Crippen LogP contribution in [0.1, 0.15) is 26.3 Å². The first-order valence-electron chi connectivity index (χ1n) is 8.01. The summed E-state index contributed by atoms with van der Waals surface area (Å²) >= 11 is 0. The topological polar surface area (TPSA) is 35.5 Å². The predicted molar refractivity (Wildman–Crippen MR) is 96.1 cm³/mol. The van der Waals surface area contributed by atoms with Crippen molar-refractivity contribution in [2.75, 3.05) is 6.61 Å². The van der Waals surface area contributed by atoms with Crippen LogP contribution >= 0.6 is 0 Å². The van der Waals surface area contributed by atoms with Gasteiger partial charge in [0.25, 0.3) is 0 Å². The largest absolute Gasteiger partial charge is 0.486 e. The molecule has 0 N–H and O–H groups in total. The molecule has 126 valence electrons. The van der Waals surface area contributed by atoms with Crippen LogP contribution in [-0.4, -0.2) is 18.7 Å². The number of para-hydroxylation sites is 1. The zero-order valence-electron chi connectivity index (χ0n) is 14.5. The van der Waals surface area contributed by atoms with Gasteiger partial charge in [-0.15, -0.1) is 0 Å². The van der Waals surface area contributed by atoms with E-state index >= 15 is 0 Å². The first-order chi connectivity index (χ1) is 11.4. The van der Waals surface area contributed by atoms with Gasteiger partial charge in [-0.25, -0.2) is 4.79 Å². The third-order valence-electron chi connectivity index (χ3n) is 4.06. The number of hydrogen-bond acceptors (Lipinski definition) is 3. The minimum atomic E-state index is -0.402. The standard InChI is InChI=1S/C21H24O3/c1-16(2)20(22)23-15-19(24-18-13-9-6-10-14-18)21(3,4)17-11-7-5-8-12-17/h5-14,19H,1,15H2,2-4H3. The van der Waals surface area contributed by atoms with E-state index in [1.807, 2.05) is 48.5 Å². The lowest BCUT2D eigenvalue weighted by atomic mass is 9.79. The Morgan fingerprint density at radius 1 is 1.04 bits per heavy atom. The predicted octanol–water partition coefficient (Wildman–Crippen LogP) is 4.53. The first kappa shape index (κ1) is 17.8. The molecule has 0 saturated carbocycles. The molecule has 0 aliphatic carbocycles. The lowest BCUT2D eigenvalue weighted by Crippen LogP contribution is -2.42. The van der Waals surface area contributed by atoms with Gasteiger partial charge in [0.1, 0.15) is 18.5 Å². The molecule has 0 spiro atoms. The van der Waals surface area contributed by atoms with Crippen molar-refractivity contribution >= 4 is 5.97 Å². The SMILES string of the molecule is C=C(C)C(=O)OCC(Oc1ccccc1)C(C)(C)c1ccccc1. The summed E-state index contributed by atoms with van der Waals surface area (Å²) in [5, 5.41) is 0. The molecule has 0 radical (unpaired) electrons. The molecule has 0 aliphatic rings. The zero-order chi connectivity index (χ0) is 17.6. The lowest BCUT2D eigenvalue weighted by molar-refractivity contribution is -0.142. The van der Waals surface area contributed by atoms with Gasteiger partial charge in [-0.2, -0.15) is 0 Å². The Morgan fingerprint density at radius 2 is 1.58 bits per heavy atom. The highest BCUT2D eigenvalue weighted by Crippen LogP contribution is 2.30. The number of benzene rings is 2. The molecule has 1 unspecified atom stereocenters. The van der Waals surface area contributed by atoms with Gasteiger partial charge in [-0.05, 0) is 24.6 Å². The fraction of sp³-hybridized carbons (Fsp3) is 0.286. The third-order valence-corrected chi connectivity index (χ3v) is 4.06. The smallest absolute Gasteiger partial charge is 0.333 e. The van der Waals surface area contributed by atoms with E-state index in [1.54, 1.807) is 6.92 Å². The molecule has 0 saturated heterocycles. The highest BCUT2D eigenvalue weighted by atomic mass is 16.6. The van der Waals surface area contributed by atoms with Crippen molar-refractivity contribution in [1.29, 1.82) is 0 Å². The van der Waals surface area contributed by atoms with E-state index in [1.165, 1.54) is 0 Å². The molecule has 2 aromatic rings. The molecule has 0 heterocycles. The van der Waals surface area contributed by atoms with E-state index in [2.05, 4.69) is 32.6 Å². The lowest BCUT2D eigenvalue weighted by Gasteiger charge is -2.34.